The molecule has 0 bridgehead atoms. The zero-order valence-corrected chi connectivity index (χ0v) is 52.1. The van der Waals surface area contributed by atoms with Crippen LogP contribution in [0.4, 0.5) is 0 Å². The first-order valence-corrected chi connectivity index (χ1v) is 33.8. The van der Waals surface area contributed by atoms with Gasteiger partial charge in [-0.15, -0.1) is 0 Å². The number of hydrogen-bond acceptors (Lipinski definition) is 6. The minimum atomic E-state index is -4.45. The van der Waals surface area contributed by atoms with Crippen LogP contribution in [0.3, 0.4) is 0 Å². The average molecular weight is 1100 g/mol. The van der Waals surface area contributed by atoms with Crippen LogP contribution in [0.1, 0.15) is 290 Å². The van der Waals surface area contributed by atoms with Crippen molar-refractivity contribution in [3.63, 3.8) is 0 Å². The molecule has 0 fully saturated rings. The third-order valence-corrected chi connectivity index (χ3v) is 15.1. The second-order valence-electron chi connectivity index (χ2n) is 22.9. The van der Waals surface area contributed by atoms with Crippen LogP contribution < -0.4 is 5.32 Å². The van der Waals surface area contributed by atoms with Crippen LogP contribution in [0.2, 0.25) is 0 Å². The van der Waals surface area contributed by atoms with Crippen LogP contribution >= 0.6 is 7.82 Å². The highest BCUT2D eigenvalue weighted by molar-refractivity contribution is 7.47. The zero-order valence-electron chi connectivity index (χ0n) is 51.2. The Kier molecular flexibility index (Phi) is 54.8. The molecule has 0 aliphatic heterocycles. The Balaban J connectivity index is 5.12. The molecule has 0 aliphatic rings. The van der Waals surface area contributed by atoms with Crippen molar-refractivity contribution in [1.82, 2.24) is 5.32 Å². The maximum Gasteiger partial charge on any atom is 0.472 e. The minimum Gasteiger partial charge on any atom is -0.456 e. The van der Waals surface area contributed by atoms with Gasteiger partial charge in [0, 0.05) is 12.8 Å². The van der Waals surface area contributed by atoms with E-state index in [0.717, 1.165) is 103 Å². The zero-order chi connectivity index (χ0) is 56.4. The van der Waals surface area contributed by atoms with Gasteiger partial charge < -0.3 is 19.4 Å². The van der Waals surface area contributed by atoms with Crippen molar-refractivity contribution < 1.29 is 37.3 Å². The van der Waals surface area contributed by atoms with E-state index in [1.165, 1.54) is 154 Å². The Morgan fingerprint density at radius 2 is 0.792 bits per heavy atom. The fourth-order valence-corrected chi connectivity index (χ4v) is 9.83. The first kappa shape index (κ1) is 74.5. The van der Waals surface area contributed by atoms with Gasteiger partial charge in [-0.05, 0) is 102 Å². The number of nitrogens with one attached hydrogen (secondary N) is 1. The molecule has 0 spiro atoms. The third-order valence-electron chi connectivity index (χ3n) is 14.1. The number of amides is 1. The van der Waals surface area contributed by atoms with E-state index in [1.807, 2.05) is 33.3 Å². The van der Waals surface area contributed by atoms with E-state index in [-0.39, 0.29) is 31.5 Å². The number of carbonyl (C=O) groups excluding carboxylic acids is 2. The third kappa shape index (κ3) is 57.9. The van der Waals surface area contributed by atoms with Gasteiger partial charge in [-0.2, -0.15) is 0 Å². The monoisotopic (exact) mass is 1100 g/mol. The molecule has 0 aliphatic carbocycles. The van der Waals surface area contributed by atoms with Gasteiger partial charge in [0.25, 0.3) is 0 Å². The van der Waals surface area contributed by atoms with E-state index < -0.39 is 20.0 Å². The summed E-state index contributed by atoms with van der Waals surface area (Å²) in [6, 6.07) is -0.855. The summed E-state index contributed by atoms with van der Waals surface area (Å²) in [5.41, 5.74) is 0. The lowest BCUT2D eigenvalue weighted by atomic mass is 10.0. The Hall–Kier alpha value is -2.55. The predicted molar refractivity (Wildman–Crippen MR) is 332 cm³/mol. The van der Waals surface area contributed by atoms with Crippen molar-refractivity contribution in [2.45, 2.75) is 303 Å². The Labute approximate surface area is 476 Å². The standard InChI is InChI=1S/C67H123N2O7P/c1-7-10-13-16-19-22-25-27-29-30-31-32-33-34-35-36-37-38-40-42-45-48-51-54-57-60-67(71)76-65(58-55-52-49-46-43-24-21-18-15-12-9-3)64(63-75-77(72,73)74-62-61-69(4,5)6)68-66(70)59-56-53-50-47-44-41-39-28-26-23-20-17-14-11-8-2/h19,22-23,26-27,29,31-32,34-35,55,58,64-65H,7-18,20-21,24-25,28,30,33,36-54,56-57,59-63H2,1-6H3,(H-,68,70,72,73)/p+1/b22-19-,26-23-,29-27-,32-31-,35-34-,58-55-. The van der Waals surface area contributed by atoms with Crippen molar-refractivity contribution in [2.24, 2.45) is 0 Å². The molecule has 0 aromatic heterocycles. The van der Waals surface area contributed by atoms with Crippen molar-refractivity contribution in [3.8, 4) is 0 Å². The van der Waals surface area contributed by atoms with E-state index in [2.05, 4.69) is 86.8 Å². The quantitative estimate of drug-likeness (QED) is 0.0205. The number of hydrogen-bond donors (Lipinski definition) is 2. The minimum absolute atomic E-state index is 0.0366. The van der Waals surface area contributed by atoms with Crippen LogP contribution in [0, 0.1) is 0 Å². The number of quaternary nitrogens is 1. The highest BCUT2D eigenvalue weighted by Gasteiger charge is 2.30. The van der Waals surface area contributed by atoms with Crippen LogP contribution in [0.25, 0.3) is 0 Å². The van der Waals surface area contributed by atoms with Crippen molar-refractivity contribution in [1.29, 1.82) is 0 Å². The van der Waals surface area contributed by atoms with E-state index >= 15 is 0 Å². The van der Waals surface area contributed by atoms with Gasteiger partial charge in [0.2, 0.25) is 5.91 Å². The summed E-state index contributed by atoms with van der Waals surface area (Å²) in [6.07, 6.45) is 73.3. The van der Waals surface area contributed by atoms with Crippen molar-refractivity contribution in [2.75, 3.05) is 40.9 Å². The lowest BCUT2D eigenvalue weighted by molar-refractivity contribution is -0.870. The van der Waals surface area contributed by atoms with Gasteiger partial charge in [0.05, 0.1) is 33.8 Å². The number of carbonyl (C=O) groups is 2. The van der Waals surface area contributed by atoms with E-state index in [1.54, 1.807) is 0 Å². The SMILES string of the molecule is CCCCC/C=C\C/C=C\C/C=C\C/C=C\CCCCCCCCCCCC(=O)OC(/C=C\CCCCCCCCCCC)C(COP(=O)(O)OCC[N+](C)(C)C)NC(=O)CCCCCCCCC/C=C\CCCCCC. The number of phosphoric ester groups is 1. The molecule has 3 unspecified atom stereocenters. The second-order valence-corrected chi connectivity index (χ2v) is 24.4. The second kappa shape index (κ2) is 56.7. The summed E-state index contributed by atoms with van der Waals surface area (Å²) in [4.78, 5) is 37.7. The maximum atomic E-state index is 13.5. The summed E-state index contributed by atoms with van der Waals surface area (Å²) in [5, 5.41) is 3.05. The highest BCUT2D eigenvalue weighted by atomic mass is 31.2. The predicted octanol–water partition coefficient (Wildman–Crippen LogP) is 20.0. The molecular weight excluding hydrogens is 976 g/mol. The van der Waals surface area contributed by atoms with Crippen molar-refractivity contribution in [3.05, 3.63) is 72.9 Å². The summed E-state index contributed by atoms with van der Waals surface area (Å²) < 4.78 is 30.7. The average Bonchev–Trinajstić information content (AvgIpc) is 3.39. The van der Waals surface area contributed by atoms with Gasteiger partial charge in [-0.25, -0.2) is 4.57 Å². The lowest BCUT2D eigenvalue weighted by Crippen LogP contribution is -2.47. The summed E-state index contributed by atoms with van der Waals surface area (Å²) in [7, 11) is 1.49. The summed E-state index contributed by atoms with van der Waals surface area (Å²) >= 11 is 0. The molecule has 0 aromatic carbocycles. The molecule has 0 saturated heterocycles. The van der Waals surface area contributed by atoms with E-state index in [4.69, 9.17) is 13.8 Å². The number of likely N-dealkylation sites (N-methyl/N-ethyl adjacent to an activating group) is 1. The van der Waals surface area contributed by atoms with Crippen LogP contribution in [-0.2, 0) is 27.9 Å². The topological polar surface area (TPSA) is 111 Å². The van der Waals surface area contributed by atoms with Crippen LogP contribution in [-0.4, -0.2) is 74.3 Å². The molecule has 10 heteroatoms. The molecule has 0 aromatic rings. The molecule has 1 amide bonds. The number of esters is 1. The largest absolute Gasteiger partial charge is 0.472 e. The Morgan fingerprint density at radius 3 is 1.23 bits per heavy atom. The molecule has 0 saturated carbocycles. The molecular formula is C67H124N2O7P+. The van der Waals surface area contributed by atoms with Gasteiger partial charge in [0.1, 0.15) is 19.3 Å². The fraction of sp³-hybridized carbons (Fsp3) is 0.791. The molecule has 9 nitrogen and oxygen atoms in total. The smallest absolute Gasteiger partial charge is 0.456 e. The number of ether oxygens (including phenoxy) is 1. The molecule has 0 heterocycles. The first-order valence-electron chi connectivity index (χ1n) is 32.3. The lowest BCUT2D eigenvalue weighted by Gasteiger charge is -2.27. The van der Waals surface area contributed by atoms with Gasteiger partial charge in [0.15, 0.2) is 0 Å². The molecule has 3 atom stereocenters. The number of allylic oxidation sites excluding steroid dienone is 11. The highest BCUT2D eigenvalue weighted by Crippen LogP contribution is 2.43. The molecule has 2 N–H and O–H groups in total. The molecule has 0 radical (unpaired) electrons. The van der Waals surface area contributed by atoms with E-state index in [0.29, 0.717) is 17.4 Å². The molecule has 77 heavy (non-hydrogen) atoms. The number of phosphoric acid groups is 1. The summed E-state index contributed by atoms with van der Waals surface area (Å²) in [6.45, 7) is 6.97. The van der Waals surface area contributed by atoms with Crippen LogP contribution in [0.15, 0.2) is 72.9 Å². The molecule has 0 rings (SSSR count). The van der Waals surface area contributed by atoms with Gasteiger partial charge in [-0.1, -0.05) is 248 Å². The van der Waals surface area contributed by atoms with E-state index in [9.17, 15) is 19.0 Å². The summed E-state index contributed by atoms with van der Waals surface area (Å²) in [5.74, 6) is -0.514. The van der Waals surface area contributed by atoms with Crippen LogP contribution in [0.5, 0.6) is 0 Å². The number of nitrogens with zero attached hydrogens (tertiary/aromatic N) is 1. The maximum absolute atomic E-state index is 13.5. The Morgan fingerprint density at radius 1 is 0.455 bits per heavy atom. The number of unbranched alkanes of at least 4 members (excludes halogenated alkanes) is 32. The first-order chi connectivity index (χ1) is 37.4. The van der Waals surface area contributed by atoms with Gasteiger partial charge >= 0.3 is 13.8 Å². The molecule has 448 valence electrons. The van der Waals surface area contributed by atoms with Gasteiger partial charge in [-0.3, -0.25) is 18.6 Å². The Bertz CT molecular complexity index is 1550. The fourth-order valence-electron chi connectivity index (χ4n) is 9.10. The normalized spacial score (nSPS) is 14.1. The number of rotatable bonds is 58. The van der Waals surface area contributed by atoms with Crippen molar-refractivity contribution >= 4 is 19.7 Å².